The number of carboxylic acid groups (broad SMARTS) is 1. The van der Waals surface area contributed by atoms with E-state index in [1.54, 1.807) is 26.8 Å². The first-order valence-electron chi connectivity index (χ1n) is 21.4. The van der Waals surface area contributed by atoms with E-state index in [1.165, 1.54) is 20.4 Å². The maximum Gasteiger partial charge on any atom is 0.355 e. The van der Waals surface area contributed by atoms with Crippen molar-refractivity contribution in [3.05, 3.63) is 23.3 Å². The van der Waals surface area contributed by atoms with Gasteiger partial charge in [-0.2, -0.15) is 0 Å². The van der Waals surface area contributed by atoms with Gasteiger partial charge in [0.1, 0.15) is 18.8 Å². The van der Waals surface area contributed by atoms with E-state index in [-0.39, 0.29) is 62.1 Å². The molecule has 4 heterocycles. The van der Waals surface area contributed by atoms with E-state index in [4.69, 9.17) is 33.8 Å². The summed E-state index contributed by atoms with van der Waals surface area (Å²) in [4.78, 5) is 75.1. The molecule has 1 saturated carbocycles. The number of methoxy groups -OCH3 is 2. The number of allylic oxidation sites excluding steroid dienone is 3. The molecule has 1 amide bonds. The number of ether oxygens (including phenoxy) is 5. The monoisotopic (exact) mass is 830 g/mol. The third-order valence-electron chi connectivity index (χ3n) is 13.4. The van der Waals surface area contributed by atoms with Gasteiger partial charge in [-0.05, 0) is 106 Å². The third kappa shape index (κ3) is 10.6. The topological polar surface area (TPSA) is 208 Å². The Morgan fingerprint density at radius 1 is 0.966 bits per heavy atom. The zero-order valence-corrected chi connectivity index (χ0v) is 35.8. The van der Waals surface area contributed by atoms with E-state index >= 15 is 0 Å². The minimum absolute atomic E-state index is 0.00583. The lowest BCUT2D eigenvalue weighted by molar-refractivity contribution is -0.302. The molecule has 3 N–H and O–H groups in total. The zero-order chi connectivity index (χ0) is 43.2. The van der Waals surface area contributed by atoms with Gasteiger partial charge in [-0.15, -0.1) is 0 Å². The number of aliphatic hydroxyl groups excluding tert-OH is 1. The highest BCUT2D eigenvalue weighted by Gasteiger charge is 2.59. The van der Waals surface area contributed by atoms with Crippen molar-refractivity contribution in [3.63, 3.8) is 0 Å². The average molecular weight is 831 g/mol. The van der Waals surface area contributed by atoms with Crippen molar-refractivity contribution in [3.8, 4) is 0 Å². The van der Waals surface area contributed by atoms with E-state index < -0.39 is 77.4 Å². The van der Waals surface area contributed by atoms with E-state index in [0.717, 1.165) is 4.90 Å². The Bertz CT molecular complexity index is 1640. The predicted octanol–water partition coefficient (Wildman–Crippen LogP) is 4.35. The van der Waals surface area contributed by atoms with Crippen molar-refractivity contribution in [1.82, 2.24) is 4.90 Å². The van der Waals surface area contributed by atoms with Crippen LogP contribution in [0.15, 0.2) is 28.3 Å². The number of hydrogen-bond acceptors (Lipinski definition) is 13. The van der Waals surface area contributed by atoms with Crippen LogP contribution in [0.1, 0.15) is 112 Å². The molecule has 330 valence electrons. The van der Waals surface area contributed by atoms with Crippen LogP contribution in [0.25, 0.3) is 0 Å². The van der Waals surface area contributed by atoms with Crippen LogP contribution in [0.2, 0.25) is 0 Å². The van der Waals surface area contributed by atoms with Crippen LogP contribution < -0.4 is 0 Å². The van der Waals surface area contributed by atoms with Crippen molar-refractivity contribution in [1.29, 1.82) is 0 Å². The molecule has 0 radical (unpaired) electrons. The molecule has 1 aliphatic carbocycles. The molecule has 4 aliphatic heterocycles. The summed E-state index contributed by atoms with van der Waals surface area (Å²) in [5.41, 5.74) is -1.01. The molecule has 2 saturated heterocycles. The Labute approximate surface area is 347 Å². The highest BCUT2D eigenvalue weighted by atomic mass is 16.7. The number of esters is 1. The highest BCUT2D eigenvalue weighted by molar-refractivity contribution is 6.39. The van der Waals surface area contributed by atoms with E-state index in [2.05, 4.69) is 6.92 Å². The standard InChI is InChI=1S/C44H66N2O13/c1-25-18-26(2)20-35(55-6)39-36(56-7)22-28(4)44(54,59-39)40(51)41(52)46-17-9-8-15-43(46)42(53)58-38(29(5)33(47)23-34(48)31(19-25)14-16-45-43)27(3)21-30-10-12-32(13-11-30)57-24-37(49)50/h14,16,21,25-26,28-30,32-33,35-36,38-39,47,54H,8-13,15,17-20,22-24H2,1-7H3,(H,49,50). The summed E-state index contributed by atoms with van der Waals surface area (Å²) in [6.07, 6.45) is 5.36. The number of hydrogen-bond donors (Lipinski definition) is 3. The quantitative estimate of drug-likeness (QED) is 0.186. The minimum Gasteiger partial charge on any atom is -0.480 e. The second kappa shape index (κ2) is 20.0. The summed E-state index contributed by atoms with van der Waals surface area (Å²) in [6.45, 7) is 8.80. The Morgan fingerprint density at radius 3 is 2.31 bits per heavy atom. The fraction of sp³-hybridized carbons (Fsp3) is 0.773. The van der Waals surface area contributed by atoms with Crippen LogP contribution in [0, 0.1) is 29.6 Å². The number of carbonyl (C=O) groups is 5. The molecular formula is C44H66N2O13. The van der Waals surface area contributed by atoms with Gasteiger partial charge >= 0.3 is 11.9 Å². The fourth-order valence-corrected chi connectivity index (χ4v) is 9.91. The SMILES string of the molecule is COC1CC(C)CC(C)CC2=CC=NC3(CCCCN3C(=O)C(=O)C3(O)OC1C(OC)CC3C)C(=O)OC(C(C)=CC1CCC(OCC(=O)O)CC1)C(C)C(O)CC2=O. The van der Waals surface area contributed by atoms with Gasteiger partial charge in [0.15, 0.2) is 5.78 Å². The number of ketones is 2. The third-order valence-corrected chi connectivity index (χ3v) is 13.4. The molecule has 11 atom stereocenters. The normalized spacial score (nSPS) is 39.7. The van der Waals surface area contributed by atoms with E-state index in [9.17, 15) is 34.2 Å². The molecule has 0 aromatic rings. The molecule has 15 nitrogen and oxygen atoms in total. The molecule has 11 unspecified atom stereocenters. The Kier molecular flexibility index (Phi) is 15.9. The number of amides is 1. The second-order valence-electron chi connectivity index (χ2n) is 17.9. The molecule has 15 heteroatoms. The molecule has 3 fully saturated rings. The molecule has 5 rings (SSSR count). The maximum atomic E-state index is 14.9. The predicted molar refractivity (Wildman–Crippen MR) is 215 cm³/mol. The summed E-state index contributed by atoms with van der Waals surface area (Å²) < 4.78 is 29.9. The molecular weight excluding hydrogens is 764 g/mol. The molecule has 5 aliphatic rings. The summed E-state index contributed by atoms with van der Waals surface area (Å²) >= 11 is 0. The van der Waals surface area contributed by atoms with E-state index in [0.29, 0.717) is 68.9 Å². The van der Waals surface area contributed by atoms with Gasteiger partial charge < -0.3 is 43.9 Å². The van der Waals surface area contributed by atoms with Gasteiger partial charge in [-0.1, -0.05) is 33.8 Å². The van der Waals surface area contributed by atoms with Gasteiger partial charge in [0.05, 0.1) is 24.4 Å². The Balaban J connectivity index is 1.59. The smallest absolute Gasteiger partial charge is 0.355 e. The van der Waals surface area contributed by atoms with Crippen LogP contribution in [-0.4, -0.2) is 131 Å². The first kappa shape index (κ1) is 46.7. The molecule has 0 aromatic carbocycles. The lowest BCUT2D eigenvalue weighted by atomic mass is 9.81. The number of aliphatic carboxylic acids is 1. The first-order chi connectivity index (χ1) is 27.9. The van der Waals surface area contributed by atoms with Gasteiger partial charge in [0.2, 0.25) is 11.4 Å². The van der Waals surface area contributed by atoms with Crippen LogP contribution in [-0.2, 0) is 47.7 Å². The largest absolute Gasteiger partial charge is 0.480 e. The zero-order valence-electron chi connectivity index (χ0n) is 35.8. The number of piperidine rings is 1. The van der Waals surface area contributed by atoms with Gasteiger partial charge in [0.25, 0.3) is 11.7 Å². The number of aliphatic imine (C=N–C) groups is 1. The summed E-state index contributed by atoms with van der Waals surface area (Å²) in [5.74, 6) is -8.77. The Morgan fingerprint density at radius 2 is 1.64 bits per heavy atom. The minimum atomic E-state index is -2.58. The average Bonchev–Trinajstić information content (AvgIpc) is 3.20. The van der Waals surface area contributed by atoms with Gasteiger partial charge in [-0.3, -0.25) is 19.4 Å². The number of rotatable bonds is 7. The van der Waals surface area contributed by atoms with Gasteiger partial charge in [-0.25, -0.2) is 9.59 Å². The van der Waals surface area contributed by atoms with Crippen molar-refractivity contribution in [2.24, 2.45) is 34.6 Å². The molecule has 1 spiro atoms. The Hall–Kier alpha value is -3.34. The number of carbonyl (C=O) groups excluding carboxylic acids is 4. The lowest BCUT2D eigenvalue weighted by Gasteiger charge is -2.48. The number of cyclic esters (lactones) is 1. The van der Waals surface area contributed by atoms with Crippen LogP contribution >= 0.6 is 0 Å². The van der Waals surface area contributed by atoms with Crippen LogP contribution in [0.3, 0.4) is 0 Å². The fourth-order valence-electron chi connectivity index (χ4n) is 9.91. The van der Waals surface area contributed by atoms with Crippen molar-refractivity contribution in [2.45, 2.75) is 160 Å². The van der Waals surface area contributed by atoms with Crippen molar-refractivity contribution >= 4 is 35.6 Å². The number of Topliss-reactive ketones (excluding diaryl/α,β-unsaturated/α-hetero) is 2. The summed E-state index contributed by atoms with van der Waals surface area (Å²) in [6, 6.07) is 0. The van der Waals surface area contributed by atoms with E-state index in [1.807, 2.05) is 13.0 Å². The second-order valence-corrected chi connectivity index (χ2v) is 17.9. The van der Waals surface area contributed by atoms with Crippen LogP contribution in [0.4, 0.5) is 0 Å². The number of carboxylic acids is 1. The molecule has 0 aromatic heterocycles. The number of aliphatic hydroxyl groups is 2. The van der Waals surface area contributed by atoms with Crippen molar-refractivity contribution < 1.29 is 63.0 Å². The number of nitrogens with zero attached hydrogens (tertiary/aromatic N) is 2. The highest BCUT2D eigenvalue weighted by Crippen LogP contribution is 2.41. The molecule has 4 bridgehead atoms. The molecule has 59 heavy (non-hydrogen) atoms. The summed E-state index contributed by atoms with van der Waals surface area (Å²) in [5, 5.41) is 32.9. The summed E-state index contributed by atoms with van der Waals surface area (Å²) in [7, 11) is 3.05. The number of fused-ring (bicyclic) bond motifs is 3. The first-order valence-corrected chi connectivity index (χ1v) is 21.4. The lowest BCUT2D eigenvalue weighted by Crippen LogP contribution is -2.67. The van der Waals surface area contributed by atoms with Crippen LogP contribution in [0.5, 0.6) is 0 Å². The van der Waals surface area contributed by atoms with Gasteiger partial charge in [0, 0.05) is 51.7 Å². The van der Waals surface area contributed by atoms with Crippen molar-refractivity contribution in [2.75, 3.05) is 27.4 Å². The maximum absolute atomic E-state index is 14.9.